The molecule has 0 aromatic carbocycles. The van der Waals surface area contributed by atoms with Gasteiger partial charge >= 0.3 is 0 Å². The van der Waals surface area contributed by atoms with Crippen LogP contribution in [0.2, 0.25) is 0 Å². The van der Waals surface area contributed by atoms with E-state index in [2.05, 4.69) is 25.9 Å². The van der Waals surface area contributed by atoms with Crippen LogP contribution in [-0.4, -0.2) is 39.0 Å². The Morgan fingerprint density at radius 2 is 2.12 bits per heavy atom. The summed E-state index contributed by atoms with van der Waals surface area (Å²) in [6.45, 7) is 4.59. The van der Waals surface area contributed by atoms with Crippen LogP contribution >= 0.6 is 0 Å². The van der Waals surface area contributed by atoms with E-state index in [4.69, 9.17) is 4.42 Å². The highest BCUT2D eigenvalue weighted by atomic mass is 16.3. The van der Waals surface area contributed by atoms with Gasteiger partial charge in [0, 0.05) is 25.5 Å². The molecule has 124 valence electrons. The van der Waals surface area contributed by atoms with Gasteiger partial charge in [0.15, 0.2) is 5.82 Å². The van der Waals surface area contributed by atoms with Crippen LogP contribution in [0.1, 0.15) is 21.9 Å². The Balaban J connectivity index is 1.46. The summed E-state index contributed by atoms with van der Waals surface area (Å²) in [6.07, 6.45) is 3.48. The fourth-order valence-corrected chi connectivity index (χ4v) is 2.26. The number of carbonyl (C=O) groups is 1. The molecule has 3 aromatic heterocycles. The molecule has 3 rings (SSSR count). The van der Waals surface area contributed by atoms with Crippen LogP contribution in [-0.2, 0) is 0 Å². The van der Waals surface area contributed by atoms with E-state index in [0.717, 1.165) is 5.76 Å². The number of aromatic nitrogens is 4. The third-order valence-electron chi connectivity index (χ3n) is 3.39. The minimum atomic E-state index is -0.147. The van der Waals surface area contributed by atoms with Gasteiger partial charge in [0.05, 0.1) is 5.56 Å². The van der Waals surface area contributed by atoms with Crippen LogP contribution in [0, 0.1) is 13.8 Å². The topological polar surface area (TPSA) is 97.9 Å². The third kappa shape index (κ3) is 3.60. The molecule has 8 nitrogen and oxygen atoms in total. The van der Waals surface area contributed by atoms with Crippen LogP contribution in [0.15, 0.2) is 41.1 Å². The van der Waals surface area contributed by atoms with Gasteiger partial charge in [-0.05, 0) is 38.1 Å². The second-order valence-corrected chi connectivity index (χ2v) is 5.24. The Morgan fingerprint density at radius 3 is 2.75 bits per heavy atom. The molecule has 1 amide bonds. The number of anilines is 1. The average Bonchev–Trinajstić information content (AvgIpc) is 3.21. The summed E-state index contributed by atoms with van der Waals surface area (Å²) < 4.78 is 6.98. The molecule has 0 fully saturated rings. The molecule has 0 spiro atoms. The normalized spacial score (nSPS) is 10.6. The lowest BCUT2D eigenvalue weighted by Gasteiger charge is -2.07. The van der Waals surface area contributed by atoms with Crippen LogP contribution in [0.25, 0.3) is 5.82 Å². The highest BCUT2D eigenvalue weighted by Gasteiger charge is 2.12. The molecule has 0 radical (unpaired) electrons. The molecular formula is C16H18N6O2. The predicted molar refractivity (Wildman–Crippen MR) is 88.2 cm³/mol. The van der Waals surface area contributed by atoms with Crippen LogP contribution in [0.3, 0.4) is 0 Å². The number of nitrogens with one attached hydrogen (secondary N) is 2. The van der Waals surface area contributed by atoms with Gasteiger partial charge in [-0.3, -0.25) is 4.79 Å². The summed E-state index contributed by atoms with van der Waals surface area (Å²) in [5, 5.41) is 18.2. The number of rotatable bonds is 6. The van der Waals surface area contributed by atoms with Gasteiger partial charge in [-0.2, -0.15) is 5.10 Å². The van der Waals surface area contributed by atoms with Crippen molar-refractivity contribution in [2.45, 2.75) is 13.8 Å². The van der Waals surface area contributed by atoms with Crippen molar-refractivity contribution >= 4 is 11.7 Å². The van der Waals surface area contributed by atoms with Crippen molar-refractivity contribution in [1.29, 1.82) is 0 Å². The minimum absolute atomic E-state index is 0.147. The molecule has 3 heterocycles. The second kappa shape index (κ2) is 6.95. The zero-order valence-electron chi connectivity index (χ0n) is 13.5. The fraction of sp³-hybridized carbons (Fsp3) is 0.250. The predicted octanol–water partition coefficient (Wildman–Crippen LogP) is 1.71. The lowest BCUT2D eigenvalue weighted by Crippen LogP contribution is -2.29. The van der Waals surface area contributed by atoms with E-state index < -0.39 is 0 Å². The number of furan rings is 1. The Kier molecular flexibility index (Phi) is 4.55. The summed E-state index contributed by atoms with van der Waals surface area (Å²) in [4.78, 5) is 12.0. The maximum Gasteiger partial charge on any atom is 0.254 e. The van der Waals surface area contributed by atoms with E-state index in [1.54, 1.807) is 30.1 Å². The van der Waals surface area contributed by atoms with E-state index in [0.29, 0.717) is 36.0 Å². The summed E-state index contributed by atoms with van der Waals surface area (Å²) in [6, 6.07) is 7.19. The first-order valence-electron chi connectivity index (χ1n) is 7.56. The van der Waals surface area contributed by atoms with E-state index >= 15 is 0 Å². The SMILES string of the molecule is Cc1cc(C(=O)NCCNc2ccc(-n3cccn3)nn2)c(C)o1. The molecule has 0 aliphatic heterocycles. The van der Waals surface area contributed by atoms with E-state index in [9.17, 15) is 4.79 Å². The molecule has 0 saturated heterocycles. The number of carbonyl (C=O) groups excluding carboxylic acids is 1. The molecule has 0 atom stereocenters. The third-order valence-corrected chi connectivity index (χ3v) is 3.39. The van der Waals surface area contributed by atoms with Gasteiger partial charge in [-0.1, -0.05) is 0 Å². The maximum atomic E-state index is 12.0. The van der Waals surface area contributed by atoms with Crippen molar-refractivity contribution in [3.05, 3.63) is 53.7 Å². The van der Waals surface area contributed by atoms with Crippen molar-refractivity contribution in [2.24, 2.45) is 0 Å². The van der Waals surface area contributed by atoms with Crippen molar-refractivity contribution in [3.8, 4) is 5.82 Å². The molecule has 0 unspecified atom stereocenters. The van der Waals surface area contributed by atoms with Crippen molar-refractivity contribution in [2.75, 3.05) is 18.4 Å². The lowest BCUT2D eigenvalue weighted by molar-refractivity contribution is 0.0953. The van der Waals surface area contributed by atoms with Crippen molar-refractivity contribution in [1.82, 2.24) is 25.3 Å². The number of nitrogens with zero attached hydrogens (tertiary/aromatic N) is 4. The Morgan fingerprint density at radius 1 is 1.25 bits per heavy atom. The average molecular weight is 326 g/mol. The van der Waals surface area contributed by atoms with E-state index in [-0.39, 0.29) is 5.91 Å². The molecule has 3 aromatic rings. The number of hydrogen-bond donors (Lipinski definition) is 2. The summed E-state index contributed by atoms with van der Waals surface area (Å²) in [7, 11) is 0. The molecule has 0 saturated carbocycles. The van der Waals surface area contributed by atoms with Crippen molar-refractivity contribution < 1.29 is 9.21 Å². The molecular weight excluding hydrogens is 308 g/mol. The maximum absolute atomic E-state index is 12.0. The fourth-order valence-electron chi connectivity index (χ4n) is 2.26. The van der Waals surface area contributed by atoms with Crippen molar-refractivity contribution in [3.63, 3.8) is 0 Å². The highest BCUT2D eigenvalue weighted by molar-refractivity contribution is 5.95. The van der Waals surface area contributed by atoms with E-state index in [1.807, 2.05) is 25.1 Å². The summed E-state index contributed by atoms with van der Waals surface area (Å²) >= 11 is 0. The van der Waals surface area contributed by atoms with Crippen LogP contribution < -0.4 is 10.6 Å². The second-order valence-electron chi connectivity index (χ2n) is 5.24. The first kappa shape index (κ1) is 15.7. The molecule has 8 heteroatoms. The zero-order valence-corrected chi connectivity index (χ0v) is 13.5. The largest absolute Gasteiger partial charge is 0.466 e. The van der Waals surface area contributed by atoms with Gasteiger partial charge in [0.25, 0.3) is 5.91 Å². The first-order valence-corrected chi connectivity index (χ1v) is 7.56. The summed E-state index contributed by atoms with van der Waals surface area (Å²) in [5.41, 5.74) is 0.566. The Labute approximate surface area is 138 Å². The van der Waals surface area contributed by atoms with Crippen LogP contribution in [0.4, 0.5) is 5.82 Å². The lowest BCUT2D eigenvalue weighted by atomic mass is 10.2. The summed E-state index contributed by atoms with van der Waals surface area (Å²) in [5.74, 6) is 2.48. The van der Waals surface area contributed by atoms with Crippen LogP contribution in [0.5, 0.6) is 0 Å². The smallest absolute Gasteiger partial charge is 0.254 e. The number of aryl methyl sites for hydroxylation is 2. The Bertz CT molecular complexity index is 808. The minimum Gasteiger partial charge on any atom is -0.466 e. The zero-order chi connectivity index (χ0) is 16.9. The Hall–Kier alpha value is -3.16. The van der Waals surface area contributed by atoms with E-state index in [1.165, 1.54) is 0 Å². The monoisotopic (exact) mass is 326 g/mol. The molecule has 0 bridgehead atoms. The van der Waals surface area contributed by atoms with Gasteiger partial charge in [-0.15, -0.1) is 10.2 Å². The van der Waals surface area contributed by atoms with Gasteiger partial charge < -0.3 is 15.1 Å². The quantitative estimate of drug-likeness (QED) is 0.669. The standard InChI is InChI=1S/C16H18N6O2/c1-11-10-13(12(2)24-11)16(23)18-8-7-17-14-4-5-15(21-20-14)22-9-3-6-19-22/h3-6,9-10H,7-8H2,1-2H3,(H,17,20)(H,18,23). The first-order chi connectivity index (χ1) is 11.6. The molecule has 0 aliphatic carbocycles. The highest BCUT2D eigenvalue weighted by Crippen LogP contribution is 2.13. The van der Waals surface area contributed by atoms with Gasteiger partial charge in [-0.25, -0.2) is 4.68 Å². The number of hydrogen-bond acceptors (Lipinski definition) is 6. The molecule has 2 N–H and O–H groups in total. The molecule has 24 heavy (non-hydrogen) atoms. The number of amides is 1. The van der Waals surface area contributed by atoms with Gasteiger partial charge in [0.1, 0.15) is 17.3 Å². The molecule has 0 aliphatic rings. The van der Waals surface area contributed by atoms with Gasteiger partial charge in [0.2, 0.25) is 0 Å².